The van der Waals surface area contributed by atoms with Crippen LogP contribution in [0.25, 0.3) is 0 Å². The van der Waals surface area contributed by atoms with Crippen molar-refractivity contribution in [3.8, 4) is 0 Å². The van der Waals surface area contributed by atoms with Crippen LogP contribution in [0.2, 0.25) is 0 Å². The third kappa shape index (κ3) is 2.73. The Bertz CT molecular complexity index is 467. The van der Waals surface area contributed by atoms with Gasteiger partial charge in [0.25, 0.3) is 0 Å². The summed E-state index contributed by atoms with van der Waals surface area (Å²) in [7, 11) is 0. The summed E-state index contributed by atoms with van der Waals surface area (Å²) in [5, 5.41) is 0.958. The molecule has 1 unspecified atom stereocenters. The number of hydrogen-bond acceptors (Lipinski definition) is 3. The number of rotatable bonds is 2. The zero-order valence-electron chi connectivity index (χ0n) is 11.4. The average molecular weight is 333 g/mol. The molecule has 1 N–H and O–H groups in total. The summed E-state index contributed by atoms with van der Waals surface area (Å²) >= 11 is 0. The van der Waals surface area contributed by atoms with Crippen LogP contribution in [0.15, 0.2) is 4.99 Å². The van der Waals surface area contributed by atoms with Crippen LogP contribution in [0.1, 0.15) is 19.8 Å². The Labute approximate surface area is 121 Å². The molecule has 0 radical (unpaired) electrons. The van der Waals surface area contributed by atoms with Crippen LogP contribution in [0.3, 0.4) is 0 Å². The molecule has 0 bridgehead atoms. The van der Waals surface area contributed by atoms with Crippen molar-refractivity contribution >= 4 is 11.9 Å². The Morgan fingerprint density at radius 1 is 1.32 bits per heavy atom. The van der Waals surface area contributed by atoms with Crippen molar-refractivity contribution in [2.24, 2.45) is 4.99 Å². The maximum absolute atomic E-state index is 12.9. The number of hydrogen-bond donors (Lipinski definition) is 1. The summed E-state index contributed by atoms with van der Waals surface area (Å²) in [6, 6.07) is -1.50. The highest BCUT2D eigenvalue weighted by atomic mass is 19.4. The van der Waals surface area contributed by atoms with Crippen LogP contribution in [0.5, 0.6) is 0 Å². The molecule has 0 saturated carbocycles. The van der Waals surface area contributed by atoms with Crippen LogP contribution in [-0.2, 0) is 4.74 Å². The third-order valence-electron chi connectivity index (χ3n) is 3.48. The van der Waals surface area contributed by atoms with Crippen molar-refractivity contribution in [3.63, 3.8) is 0 Å². The molecule has 0 aromatic rings. The molecule has 2 amide bonds. The minimum atomic E-state index is -5.81. The van der Waals surface area contributed by atoms with Crippen molar-refractivity contribution in [2.75, 3.05) is 13.2 Å². The molecular weight excluding hydrogens is 320 g/mol. The third-order valence-corrected chi connectivity index (χ3v) is 3.48. The van der Waals surface area contributed by atoms with E-state index in [1.54, 1.807) is 0 Å². The van der Waals surface area contributed by atoms with Crippen molar-refractivity contribution < 1.29 is 35.9 Å². The molecule has 0 aromatic carbocycles. The molecule has 2 aliphatic rings. The van der Waals surface area contributed by atoms with Gasteiger partial charge in [-0.15, -0.1) is 0 Å². The number of halogens is 6. The Hall–Kier alpha value is -1.52. The average Bonchev–Trinajstić information content (AvgIpc) is 2.83. The van der Waals surface area contributed by atoms with Gasteiger partial charge in [-0.25, -0.2) is 9.79 Å². The molecule has 1 fully saturated rings. The maximum atomic E-state index is 12.9. The first-order chi connectivity index (χ1) is 9.98. The van der Waals surface area contributed by atoms with Gasteiger partial charge < -0.3 is 4.74 Å². The quantitative estimate of drug-likeness (QED) is 0.789. The number of carbonyl (C=O) groups is 1. The second-order valence-electron chi connectivity index (χ2n) is 5.04. The normalized spacial score (nSPS) is 26.0. The number of urea groups is 1. The molecule has 5 nitrogen and oxygen atoms in total. The highest BCUT2D eigenvalue weighted by molar-refractivity contribution is 5.99. The Balaban J connectivity index is 2.34. The maximum Gasteiger partial charge on any atom is 0.441 e. The van der Waals surface area contributed by atoms with Crippen LogP contribution < -0.4 is 5.32 Å². The number of nitrogens with zero attached hydrogens (tertiary/aromatic N) is 2. The van der Waals surface area contributed by atoms with Crippen molar-refractivity contribution in [1.82, 2.24) is 10.2 Å². The van der Waals surface area contributed by atoms with Crippen LogP contribution in [0.4, 0.5) is 31.1 Å². The number of amidine groups is 1. The highest BCUT2D eigenvalue weighted by Gasteiger charge is 2.74. The topological polar surface area (TPSA) is 53.9 Å². The lowest BCUT2D eigenvalue weighted by molar-refractivity contribution is -0.302. The molecule has 0 aromatic heterocycles. The first-order valence-corrected chi connectivity index (χ1v) is 6.39. The number of alkyl halides is 6. The van der Waals surface area contributed by atoms with Crippen LogP contribution >= 0.6 is 0 Å². The predicted octanol–water partition coefficient (Wildman–Crippen LogP) is 2.43. The molecule has 126 valence electrons. The zero-order chi connectivity index (χ0) is 16.8. The lowest BCUT2D eigenvalue weighted by Crippen LogP contribution is -2.71. The molecule has 0 aliphatic carbocycles. The minimum Gasteiger partial charge on any atom is -0.376 e. The van der Waals surface area contributed by atoms with E-state index in [4.69, 9.17) is 4.74 Å². The summed E-state index contributed by atoms with van der Waals surface area (Å²) in [5.41, 5.74) is -4.62. The van der Waals surface area contributed by atoms with Crippen molar-refractivity contribution in [3.05, 3.63) is 0 Å². The van der Waals surface area contributed by atoms with Gasteiger partial charge in [0, 0.05) is 6.61 Å². The summed E-state index contributed by atoms with van der Waals surface area (Å²) < 4.78 is 82.5. The number of carbonyl (C=O) groups excluding carboxylic acids is 1. The number of nitrogens with one attached hydrogen (secondary N) is 1. The van der Waals surface area contributed by atoms with Gasteiger partial charge in [0.1, 0.15) is 5.84 Å². The number of amides is 2. The Morgan fingerprint density at radius 3 is 2.32 bits per heavy atom. The monoisotopic (exact) mass is 333 g/mol. The van der Waals surface area contributed by atoms with E-state index in [1.807, 2.05) is 0 Å². The SMILES string of the molecule is CC1=NC(C(F)(F)F)(C(F)(F)F)NC(=O)N1CC1CCCO1. The standard InChI is InChI=1S/C11H13F6N3O2/c1-6-18-9(10(12,13)14,11(15,16)17)19-8(21)20(6)5-7-3-2-4-22-7/h7H,2-5H2,1H3,(H,19,21). The van der Waals surface area contributed by atoms with E-state index >= 15 is 0 Å². The molecule has 2 rings (SSSR count). The molecule has 0 spiro atoms. The van der Waals surface area contributed by atoms with E-state index in [0.717, 1.165) is 17.1 Å². The largest absolute Gasteiger partial charge is 0.441 e. The van der Waals surface area contributed by atoms with E-state index in [0.29, 0.717) is 19.4 Å². The smallest absolute Gasteiger partial charge is 0.376 e. The van der Waals surface area contributed by atoms with Crippen LogP contribution in [0, 0.1) is 0 Å². The predicted molar refractivity (Wildman–Crippen MR) is 62.2 cm³/mol. The lowest BCUT2D eigenvalue weighted by Gasteiger charge is -2.41. The highest BCUT2D eigenvalue weighted by Crippen LogP contribution is 2.45. The molecule has 1 atom stereocenters. The summed E-state index contributed by atoms with van der Waals surface area (Å²) in [5.74, 6) is -0.658. The summed E-state index contributed by atoms with van der Waals surface area (Å²) in [4.78, 5) is 15.2. The molecule has 22 heavy (non-hydrogen) atoms. The fraction of sp³-hybridized carbons (Fsp3) is 0.818. The van der Waals surface area contributed by atoms with Gasteiger partial charge in [-0.3, -0.25) is 10.2 Å². The summed E-state index contributed by atoms with van der Waals surface area (Å²) in [6.07, 6.45) is -10.8. The van der Waals surface area contributed by atoms with Crippen LogP contribution in [-0.4, -0.2) is 54.0 Å². The van der Waals surface area contributed by atoms with Gasteiger partial charge in [0.15, 0.2) is 0 Å². The molecule has 1 saturated heterocycles. The van der Waals surface area contributed by atoms with Gasteiger partial charge in [0.2, 0.25) is 0 Å². The van der Waals surface area contributed by atoms with Gasteiger partial charge in [-0.1, -0.05) is 0 Å². The van der Waals surface area contributed by atoms with E-state index in [-0.39, 0.29) is 6.54 Å². The second-order valence-corrected chi connectivity index (χ2v) is 5.04. The fourth-order valence-corrected chi connectivity index (χ4v) is 2.34. The molecular formula is C11H13F6N3O2. The summed E-state index contributed by atoms with van der Waals surface area (Å²) in [6.45, 7) is 1.22. The minimum absolute atomic E-state index is 0.146. The van der Waals surface area contributed by atoms with Crippen molar-refractivity contribution in [2.45, 2.75) is 43.9 Å². The van der Waals surface area contributed by atoms with Gasteiger partial charge in [0.05, 0.1) is 12.6 Å². The van der Waals surface area contributed by atoms with E-state index in [2.05, 4.69) is 4.99 Å². The second kappa shape index (κ2) is 5.28. The Kier molecular flexibility index (Phi) is 4.05. The number of aliphatic imine (C=N–C) groups is 1. The van der Waals surface area contributed by atoms with Crippen molar-refractivity contribution in [1.29, 1.82) is 0 Å². The number of ether oxygens (including phenoxy) is 1. The van der Waals surface area contributed by atoms with Gasteiger partial charge in [-0.2, -0.15) is 26.3 Å². The van der Waals surface area contributed by atoms with E-state index in [1.165, 1.54) is 0 Å². The molecule has 2 heterocycles. The lowest BCUT2D eigenvalue weighted by atomic mass is 10.1. The first kappa shape index (κ1) is 16.8. The zero-order valence-corrected chi connectivity index (χ0v) is 11.4. The fourth-order valence-electron chi connectivity index (χ4n) is 2.34. The Morgan fingerprint density at radius 2 is 1.91 bits per heavy atom. The first-order valence-electron chi connectivity index (χ1n) is 6.39. The molecule has 11 heteroatoms. The van der Waals surface area contributed by atoms with Gasteiger partial charge in [-0.05, 0) is 19.8 Å². The van der Waals surface area contributed by atoms with Gasteiger partial charge >= 0.3 is 24.0 Å². The van der Waals surface area contributed by atoms with E-state index in [9.17, 15) is 31.1 Å². The molecule has 2 aliphatic heterocycles. The van der Waals surface area contributed by atoms with E-state index < -0.39 is 36.0 Å².